The molecule has 1 aliphatic carbocycles. The van der Waals surface area contributed by atoms with Gasteiger partial charge in [0.2, 0.25) is 0 Å². The third-order valence-corrected chi connectivity index (χ3v) is 4.91. The van der Waals surface area contributed by atoms with Crippen molar-refractivity contribution in [3.05, 3.63) is 18.6 Å². The first-order chi connectivity index (χ1) is 9.88. The number of rotatable bonds is 1. The van der Waals surface area contributed by atoms with E-state index >= 15 is 0 Å². The molecule has 0 aromatic carbocycles. The van der Waals surface area contributed by atoms with Crippen molar-refractivity contribution in [1.29, 1.82) is 0 Å². The lowest BCUT2D eigenvalue weighted by Crippen LogP contribution is -2.40. The number of alkyl halides is 1. The van der Waals surface area contributed by atoms with Crippen molar-refractivity contribution < 1.29 is 14.9 Å². The molecule has 2 aliphatic rings. The fraction of sp³-hybridized carbons (Fsp3) is 0.538. The lowest BCUT2D eigenvalue weighted by Gasteiger charge is -2.26. The van der Waals surface area contributed by atoms with E-state index in [-0.39, 0.29) is 0 Å². The molecule has 3 heterocycles. The van der Waals surface area contributed by atoms with Crippen LogP contribution in [0.15, 0.2) is 18.6 Å². The minimum Gasteiger partial charge on any atom is -0.390 e. The Kier molecular flexibility index (Phi) is 2.44. The van der Waals surface area contributed by atoms with Gasteiger partial charge in [-0.2, -0.15) is 0 Å². The average molecular weight is 311 g/mol. The number of ether oxygens (including phenoxy) is 1. The van der Waals surface area contributed by atoms with Gasteiger partial charge in [0.15, 0.2) is 6.23 Å². The predicted octanol–water partition coefficient (Wildman–Crippen LogP) is 0.404. The number of hydrogen-bond acceptors (Lipinski definition) is 6. The van der Waals surface area contributed by atoms with Crippen LogP contribution in [0.25, 0.3) is 11.0 Å². The molecule has 7 nitrogen and oxygen atoms in total. The van der Waals surface area contributed by atoms with Crippen molar-refractivity contribution >= 4 is 28.5 Å². The molecule has 5 atom stereocenters. The average Bonchev–Trinajstić information content (AvgIpc) is 2.81. The molecule has 4 rings (SSSR count). The summed E-state index contributed by atoms with van der Waals surface area (Å²) in [5.74, 6) is 0.370. The van der Waals surface area contributed by atoms with Crippen LogP contribution in [0.5, 0.6) is 0 Å². The van der Waals surface area contributed by atoms with Crippen LogP contribution in [0.3, 0.4) is 0 Å². The predicted molar refractivity (Wildman–Crippen MR) is 75.7 cm³/mol. The second-order valence-corrected chi connectivity index (χ2v) is 6.73. The maximum atomic E-state index is 10.4. The van der Waals surface area contributed by atoms with Gasteiger partial charge in [0, 0.05) is 12.6 Å². The maximum absolute atomic E-state index is 10.4. The third-order valence-electron chi connectivity index (χ3n) is 4.52. The lowest BCUT2D eigenvalue weighted by atomic mass is 9.99. The minimum absolute atomic E-state index is 0.370. The zero-order chi connectivity index (χ0) is 15.0. The number of aliphatic hydroxyl groups is 2. The highest BCUT2D eigenvalue weighted by atomic mass is 35.5. The molecule has 1 saturated carbocycles. The summed E-state index contributed by atoms with van der Waals surface area (Å²) in [6.45, 7) is 1.69. The van der Waals surface area contributed by atoms with E-state index in [1.165, 1.54) is 6.33 Å². The number of anilines is 1. The summed E-state index contributed by atoms with van der Waals surface area (Å²) in [5.41, 5.74) is 5.43. The molecule has 1 aliphatic heterocycles. The first-order valence-electron chi connectivity index (χ1n) is 6.68. The molecule has 1 spiro atoms. The summed E-state index contributed by atoms with van der Waals surface area (Å²) in [4.78, 5) is 7.07. The number of halogens is 1. The zero-order valence-electron chi connectivity index (χ0n) is 11.3. The maximum Gasteiger partial charge on any atom is 0.157 e. The number of aliphatic hydroxyl groups excluding tert-OH is 2. The lowest BCUT2D eigenvalue weighted by molar-refractivity contribution is -0.0586. The van der Waals surface area contributed by atoms with E-state index in [4.69, 9.17) is 22.1 Å². The van der Waals surface area contributed by atoms with E-state index < -0.39 is 28.9 Å². The van der Waals surface area contributed by atoms with Gasteiger partial charge in [-0.15, -0.1) is 11.6 Å². The fourth-order valence-corrected chi connectivity index (χ4v) is 3.51. The van der Waals surface area contributed by atoms with E-state index in [1.807, 2.05) is 0 Å². The van der Waals surface area contributed by atoms with Crippen molar-refractivity contribution in [1.82, 2.24) is 14.5 Å². The van der Waals surface area contributed by atoms with E-state index in [2.05, 4.69) is 9.97 Å². The van der Waals surface area contributed by atoms with Crippen molar-refractivity contribution in [3.8, 4) is 0 Å². The molecule has 0 amide bonds. The fourth-order valence-electron chi connectivity index (χ4n) is 3.17. The Morgan fingerprint density at radius 1 is 1.48 bits per heavy atom. The van der Waals surface area contributed by atoms with Gasteiger partial charge in [0.25, 0.3) is 0 Å². The Morgan fingerprint density at radius 2 is 2.19 bits per heavy atom. The van der Waals surface area contributed by atoms with Gasteiger partial charge >= 0.3 is 0 Å². The molecule has 4 N–H and O–H groups in total. The third kappa shape index (κ3) is 1.54. The van der Waals surface area contributed by atoms with Crippen LogP contribution in [-0.2, 0) is 4.74 Å². The number of fused-ring (bicyclic) bond motifs is 1. The van der Waals surface area contributed by atoms with Crippen LogP contribution in [0.2, 0.25) is 0 Å². The number of nitrogens with two attached hydrogens (primary N) is 1. The first-order valence-corrected chi connectivity index (χ1v) is 7.05. The van der Waals surface area contributed by atoms with Gasteiger partial charge < -0.3 is 25.3 Å². The normalized spacial score (nSPS) is 42.0. The number of nitrogen functional groups attached to an aromatic ring is 1. The van der Waals surface area contributed by atoms with Crippen molar-refractivity contribution in [2.45, 2.75) is 42.3 Å². The Balaban J connectivity index is 1.84. The quantitative estimate of drug-likeness (QED) is 0.658. The minimum atomic E-state index is -1.08. The molecule has 0 radical (unpaired) electrons. The van der Waals surface area contributed by atoms with Crippen molar-refractivity contribution in [3.63, 3.8) is 0 Å². The molecular weight excluding hydrogens is 296 g/mol. The van der Waals surface area contributed by atoms with Crippen LogP contribution >= 0.6 is 11.6 Å². The summed E-state index contributed by atoms with van der Waals surface area (Å²) < 4.78 is 7.65. The van der Waals surface area contributed by atoms with Crippen molar-refractivity contribution in [2.75, 3.05) is 5.73 Å². The van der Waals surface area contributed by atoms with Crippen LogP contribution < -0.4 is 5.73 Å². The van der Waals surface area contributed by atoms with Gasteiger partial charge in [-0.3, -0.25) is 0 Å². The summed E-state index contributed by atoms with van der Waals surface area (Å²) >= 11 is 6.52. The summed E-state index contributed by atoms with van der Waals surface area (Å²) in [7, 11) is 0. The summed E-state index contributed by atoms with van der Waals surface area (Å²) in [6.07, 6.45) is 1.18. The van der Waals surface area contributed by atoms with Crippen molar-refractivity contribution in [2.24, 2.45) is 0 Å². The van der Waals surface area contributed by atoms with Crippen LogP contribution in [0, 0.1) is 0 Å². The zero-order valence-corrected chi connectivity index (χ0v) is 12.0. The standard InChI is InChI=1S/C13H15ClN4O3/c1-12(14)10(20)13(4-7(13)19)21-11(12)18-3-2-6-8(15)16-5-17-9(6)18/h2-3,5,7,10-11,19-20H,4H2,1H3,(H2,15,16,17)/t7-,10+,11-,12-,13?/m1/s1. The van der Waals surface area contributed by atoms with Crippen LogP contribution in [-0.4, -0.2) is 47.4 Å². The van der Waals surface area contributed by atoms with Gasteiger partial charge in [0.1, 0.15) is 34.4 Å². The summed E-state index contributed by atoms with van der Waals surface area (Å²) in [5, 5.41) is 20.9. The molecule has 0 bridgehead atoms. The molecule has 1 unspecified atom stereocenters. The highest BCUT2D eigenvalue weighted by Crippen LogP contribution is 2.59. The molecule has 2 aromatic heterocycles. The number of hydrogen-bond donors (Lipinski definition) is 3. The highest BCUT2D eigenvalue weighted by Gasteiger charge is 2.72. The Morgan fingerprint density at radius 3 is 2.81 bits per heavy atom. The van der Waals surface area contributed by atoms with Gasteiger partial charge in [-0.1, -0.05) is 0 Å². The SMILES string of the molecule is C[C@@]1(Cl)[C@H](O)C2(C[C@H]2O)O[C@H]1n1ccc2c(N)ncnc21. The van der Waals surface area contributed by atoms with Gasteiger partial charge in [-0.25, -0.2) is 9.97 Å². The van der Waals surface area contributed by atoms with E-state index in [9.17, 15) is 10.2 Å². The topological polar surface area (TPSA) is 106 Å². The van der Waals surface area contributed by atoms with E-state index in [0.29, 0.717) is 23.3 Å². The van der Waals surface area contributed by atoms with Gasteiger partial charge in [0.05, 0.1) is 11.5 Å². The Bertz CT molecular complexity index is 733. The molecule has 8 heteroatoms. The largest absolute Gasteiger partial charge is 0.390 e. The Labute approximate surface area is 125 Å². The summed E-state index contributed by atoms with van der Waals surface area (Å²) in [6, 6.07) is 1.78. The second-order valence-electron chi connectivity index (χ2n) is 5.92. The van der Waals surface area contributed by atoms with Gasteiger partial charge in [-0.05, 0) is 13.0 Å². The molecule has 112 valence electrons. The Hall–Kier alpha value is -1.41. The number of nitrogens with zero attached hydrogens (tertiary/aromatic N) is 3. The van der Waals surface area contributed by atoms with Crippen LogP contribution in [0.4, 0.5) is 5.82 Å². The molecule has 1 saturated heterocycles. The molecular formula is C13H15ClN4O3. The smallest absolute Gasteiger partial charge is 0.157 e. The number of aromatic nitrogens is 3. The molecule has 2 aromatic rings. The molecule has 2 fully saturated rings. The van der Waals surface area contributed by atoms with Crippen LogP contribution in [0.1, 0.15) is 19.6 Å². The van der Waals surface area contributed by atoms with E-state index in [0.717, 1.165) is 0 Å². The highest BCUT2D eigenvalue weighted by molar-refractivity contribution is 6.24. The first kappa shape index (κ1) is 13.3. The molecule has 21 heavy (non-hydrogen) atoms. The van der Waals surface area contributed by atoms with E-state index in [1.54, 1.807) is 23.8 Å². The second kappa shape index (κ2) is 3.86. The monoisotopic (exact) mass is 310 g/mol.